The molecule has 0 spiro atoms. The van der Waals surface area contributed by atoms with Gasteiger partial charge in [-0.2, -0.15) is 0 Å². The zero-order chi connectivity index (χ0) is 21.7. The summed E-state index contributed by atoms with van der Waals surface area (Å²) >= 11 is 8.07. The van der Waals surface area contributed by atoms with E-state index in [2.05, 4.69) is 37.2 Å². The van der Waals surface area contributed by atoms with Crippen molar-refractivity contribution in [1.29, 1.82) is 0 Å². The molecular weight excluding hydrogens is 534 g/mol. The van der Waals surface area contributed by atoms with Crippen LogP contribution in [-0.4, -0.2) is 24.6 Å². The van der Waals surface area contributed by atoms with E-state index in [1.807, 2.05) is 41.8 Å². The van der Waals surface area contributed by atoms with Crippen LogP contribution in [0.4, 0.5) is 5.00 Å². The number of halogens is 2. The van der Waals surface area contributed by atoms with Crippen molar-refractivity contribution >= 4 is 60.1 Å². The number of rotatable bonds is 7. The maximum absolute atomic E-state index is 12.7. The van der Waals surface area contributed by atoms with Crippen LogP contribution in [-0.2, 0) is 9.53 Å². The normalized spacial score (nSPS) is 11.6. The first kappa shape index (κ1) is 22.5. The average molecular weight is 553 g/mol. The van der Waals surface area contributed by atoms with Gasteiger partial charge in [0, 0.05) is 19.9 Å². The molecule has 0 bridgehead atoms. The van der Waals surface area contributed by atoms with Crippen molar-refractivity contribution in [2.45, 2.75) is 20.0 Å². The van der Waals surface area contributed by atoms with E-state index in [9.17, 15) is 9.59 Å². The van der Waals surface area contributed by atoms with Gasteiger partial charge in [0.25, 0.3) is 5.91 Å². The van der Waals surface area contributed by atoms with Gasteiger partial charge in [-0.25, -0.2) is 4.79 Å². The lowest BCUT2D eigenvalue weighted by Gasteiger charge is -2.15. The van der Waals surface area contributed by atoms with Gasteiger partial charge in [-0.15, -0.1) is 11.3 Å². The highest BCUT2D eigenvalue weighted by molar-refractivity contribution is 9.10. The fraction of sp³-hybridized carbons (Fsp3) is 0.182. The van der Waals surface area contributed by atoms with Gasteiger partial charge in [0.15, 0.2) is 6.10 Å². The summed E-state index contributed by atoms with van der Waals surface area (Å²) < 4.78 is 12.7. The molecular formula is C22H19Br2NO4S. The number of anilines is 1. The van der Waals surface area contributed by atoms with E-state index in [4.69, 9.17) is 9.47 Å². The minimum atomic E-state index is -0.757. The first-order chi connectivity index (χ1) is 14.4. The molecule has 0 aliphatic carbocycles. The minimum absolute atomic E-state index is 0.240. The zero-order valence-corrected chi connectivity index (χ0v) is 20.3. The Labute approximate surface area is 195 Å². The number of nitrogens with one attached hydrogen (secondary N) is 1. The van der Waals surface area contributed by atoms with Crippen molar-refractivity contribution in [2.24, 2.45) is 0 Å². The maximum Gasteiger partial charge on any atom is 0.341 e. The van der Waals surface area contributed by atoms with Gasteiger partial charge in [-0.1, -0.05) is 50.1 Å². The first-order valence-corrected chi connectivity index (χ1v) is 11.6. The molecule has 5 nitrogen and oxygen atoms in total. The monoisotopic (exact) mass is 551 g/mol. The second kappa shape index (κ2) is 10.2. The molecule has 0 radical (unpaired) electrons. The Morgan fingerprint density at radius 1 is 1.10 bits per heavy atom. The molecule has 1 amide bonds. The number of esters is 1. The van der Waals surface area contributed by atoms with E-state index in [0.29, 0.717) is 21.9 Å². The number of ether oxygens (including phenoxy) is 2. The van der Waals surface area contributed by atoms with E-state index in [0.717, 1.165) is 14.5 Å². The van der Waals surface area contributed by atoms with Crippen molar-refractivity contribution in [3.8, 4) is 16.9 Å². The minimum Gasteiger partial charge on any atom is -0.481 e. The standard InChI is InChI=1S/C22H19Br2NO4S/c1-3-28-22(27)19-18(14-7-9-15(23)10-8-14)12-30-21(19)25-20(26)13(2)29-17-6-4-5-16(24)11-17/h4-13H,3H2,1-2H3,(H,25,26)/t13-/m1/s1. The van der Waals surface area contributed by atoms with Crippen LogP contribution in [0.2, 0.25) is 0 Å². The van der Waals surface area contributed by atoms with Crippen molar-refractivity contribution in [1.82, 2.24) is 0 Å². The summed E-state index contributed by atoms with van der Waals surface area (Å²) in [7, 11) is 0. The fourth-order valence-electron chi connectivity index (χ4n) is 2.71. The van der Waals surface area contributed by atoms with Gasteiger partial charge in [-0.3, -0.25) is 4.79 Å². The predicted octanol–water partition coefficient (Wildman–Crippen LogP) is 6.52. The van der Waals surface area contributed by atoms with Gasteiger partial charge < -0.3 is 14.8 Å². The summed E-state index contributed by atoms with van der Waals surface area (Å²) in [6.45, 7) is 3.64. The van der Waals surface area contributed by atoms with E-state index >= 15 is 0 Å². The number of hydrogen-bond donors (Lipinski definition) is 1. The molecule has 0 aliphatic heterocycles. The number of amides is 1. The number of carbonyl (C=O) groups is 2. The van der Waals surface area contributed by atoms with Crippen LogP contribution in [0.1, 0.15) is 24.2 Å². The summed E-state index contributed by atoms with van der Waals surface area (Å²) in [6.07, 6.45) is -0.757. The predicted molar refractivity (Wildman–Crippen MR) is 126 cm³/mol. The zero-order valence-electron chi connectivity index (χ0n) is 16.3. The lowest BCUT2D eigenvalue weighted by atomic mass is 10.0. The molecule has 0 fully saturated rings. The quantitative estimate of drug-likeness (QED) is 0.339. The highest BCUT2D eigenvalue weighted by atomic mass is 79.9. The number of thiophene rings is 1. The third-order valence-electron chi connectivity index (χ3n) is 4.14. The van der Waals surface area contributed by atoms with E-state index in [-0.39, 0.29) is 12.5 Å². The van der Waals surface area contributed by atoms with E-state index in [1.165, 1.54) is 11.3 Å². The highest BCUT2D eigenvalue weighted by Gasteiger charge is 2.25. The van der Waals surface area contributed by atoms with Gasteiger partial charge in [-0.05, 0) is 49.7 Å². The molecule has 0 aliphatic rings. The molecule has 3 rings (SSSR count). The van der Waals surface area contributed by atoms with Gasteiger partial charge in [0.1, 0.15) is 16.3 Å². The maximum atomic E-state index is 12.7. The number of benzene rings is 2. The van der Waals surface area contributed by atoms with Crippen LogP contribution in [0.5, 0.6) is 5.75 Å². The molecule has 1 N–H and O–H groups in total. The van der Waals surface area contributed by atoms with Crippen molar-refractivity contribution in [3.63, 3.8) is 0 Å². The van der Waals surface area contributed by atoms with Crippen LogP contribution in [0.15, 0.2) is 62.9 Å². The van der Waals surface area contributed by atoms with Gasteiger partial charge >= 0.3 is 5.97 Å². The molecule has 0 saturated heterocycles. The third kappa shape index (κ3) is 5.50. The van der Waals surface area contributed by atoms with E-state index in [1.54, 1.807) is 26.0 Å². The lowest BCUT2D eigenvalue weighted by molar-refractivity contribution is -0.122. The van der Waals surface area contributed by atoms with Crippen molar-refractivity contribution < 1.29 is 19.1 Å². The Morgan fingerprint density at radius 3 is 2.50 bits per heavy atom. The SMILES string of the molecule is CCOC(=O)c1c(-c2ccc(Br)cc2)csc1NC(=O)[C@@H](C)Oc1cccc(Br)c1. The highest BCUT2D eigenvalue weighted by Crippen LogP contribution is 2.37. The second-order valence-corrected chi connectivity index (χ2v) is 9.00. The summed E-state index contributed by atoms with van der Waals surface area (Å²) in [6, 6.07) is 14.9. The molecule has 0 unspecified atom stereocenters. The smallest absolute Gasteiger partial charge is 0.341 e. The molecule has 0 saturated carbocycles. The van der Waals surface area contributed by atoms with Crippen LogP contribution in [0.3, 0.4) is 0 Å². The Bertz CT molecular complexity index is 1050. The fourth-order valence-corrected chi connectivity index (χ4v) is 4.31. The average Bonchev–Trinajstić information content (AvgIpc) is 3.12. The Kier molecular flexibility index (Phi) is 7.69. The Morgan fingerprint density at radius 2 is 1.83 bits per heavy atom. The van der Waals surface area contributed by atoms with Gasteiger partial charge in [0.05, 0.1) is 6.61 Å². The Hall–Kier alpha value is -2.16. The van der Waals surface area contributed by atoms with Gasteiger partial charge in [0.2, 0.25) is 0 Å². The number of hydrogen-bond acceptors (Lipinski definition) is 5. The Balaban J connectivity index is 1.84. The third-order valence-corrected chi connectivity index (χ3v) is 6.06. The molecule has 30 heavy (non-hydrogen) atoms. The van der Waals surface area contributed by atoms with Crippen LogP contribution >= 0.6 is 43.2 Å². The van der Waals surface area contributed by atoms with E-state index < -0.39 is 12.1 Å². The molecule has 1 atom stereocenters. The first-order valence-electron chi connectivity index (χ1n) is 9.16. The lowest BCUT2D eigenvalue weighted by Crippen LogP contribution is -2.30. The van der Waals surface area contributed by atoms with Crippen LogP contribution < -0.4 is 10.1 Å². The van der Waals surface area contributed by atoms with Crippen LogP contribution in [0.25, 0.3) is 11.1 Å². The molecule has 1 heterocycles. The van der Waals surface area contributed by atoms with Crippen molar-refractivity contribution in [2.75, 3.05) is 11.9 Å². The molecule has 1 aromatic heterocycles. The topological polar surface area (TPSA) is 64.6 Å². The largest absolute Gasteiger partial charge is 0.481 e. The molecule has 3 aromatic rings. The molecule has 156 valence electrons. The van der Waals surface area contributed by atoms with Crippen LogP contribution in [0, 0.1) is 0 Å². The number of carbonyl (C=O) groups excluding carboxylic acids is 2. The summed E-state index contributed by atoms with van der Waals surface area (Å²) in [5.41, 5.74) is 1.91. The summed E-state index contributed by atoms with van der Waals surface area (Å²) in [5, 5.41) is 5.09. The summed E-state index contributed by atoms with van der Waals surface area (Å²) in [4.78, 5) is 25.4. The van der Waals surface area contributed by atoms with Crippen molar-refractivity contribution in [3.05, 3.63) is 68.4 Å². The molecule has 2 aromatic carbocycles. The molecule has 8 heteroatoms. The summed E-state index contributed by atoms with van der Waals surface area (Å²) in [5.74, 6) is -0.267. The second-order valence-electron chi connectivity index (χ2n) is 6.29.